The van der Waals surface area contributed by atoms with Crippen molar-refractivity contribution in [3.05, 3.63) is 36.3 Å². The second-order valence-electron chi connectivity index (χ2n) is 3.40. The van der Waals surface area contributed by atoms with Gasteiger partial charge in [-0.1, -0.05) is 0 Å². The molecule has 17 heavy (non-hydrogen) atoms. The van der Waals surface area contributed by atoms with Gasteiger partial charge < -0.3 is 10.6 Å². The largest absolute Gasteiger partial charge is 0.370 e. The van der Waals surface area contributed by atoms with Gasteiger partial charge in [-0.3, -0.25) is 9.89 Å². The van der Waals surface area contributed by atoms with E-state index in [0.29, 0.717) is 11.3 Å². The number of anilines is 2. The molecule has 0 saturated heterocycles. The fraction of sp³-hybridized carbons (Fsp3) is 0.182. The summed E-state index contributed by atoms with van der Waals surface area (Å²) in [4.78, 5) is 15.9. The van der Waals surface area contributed by atoms with Crippen LogP contribution in [0.1, 0.15) is 17.3 Å². The lowest BCUT2D eigenvalue weighted by molar-refractivity contribution is 0.102. The Kier molecular flexibility index (Phi) is 3.34. The first-order valence-electron chi connectivity index (χ1n) is 5.29. The second kappa shape index (κ2) is 5.11. The van der Waals surface area contributed by atoms with Gasteiger partial charge in [0.25, 0.3) is 5.91 Å². The number of hydrogen-bond donors (Lipinski definition) is 3. The molecule has 0 aromatic carbocycles. The Morgan fingerprint density at radius 2 is 2.29 bits per heavy atom. The van der Waals surface area contributed by atoms with E-state index in [4.69, 9.17) is 0 Å². The van der Waals surface area contributed by atoms with Crippen LogP contribution in [0, 0.1) is 0 Å². The Morgan fingerprint density at radius 3 is 2.88 bits per heavy atom. The molecule has 0 bridgehead atoms. The quantitative estimate of drug-likeness (QED) is 0.744. The topological polar surface area (TPSA) is 82.7 Å². The standard InChI is InChI=1S/C11H13N5O/c1-2-12-10-4-3-8(5-13-10)11(17)16-9-6-14-15-7-9/h3-7H,2H2,1H3,(H,12,13)(H,14,15)(H,16,17). The van der Waals surface area contributed by atoms with Crippen molar-refractivity contribution in [3.8, 4) is 0 Å². The van der Waals surface area contributed by atoms with E-state index < -0.39 is 0 Å². The van der Waals surface area contributed by atoms with Gasteiger partial charge in [0.1, 0.15) is 5.82 Å². The number of amides is 1. The molecule has 2 heterocycles. The number of aromatic amines is 1. The lowest BCUT2D eigenvalue weighted by Gasteiger charge is -2.04. The van der Waals surface area contributed by atoms with E-state index in [0.717, 1.165) is 12.4 Å². The number of nitrogens with zero attached hydrogens (tertiary/aromatic N) is 2. The summed E-state index contributed by atoms with van der Waals surface area (Å²) in [6, 6.07) is 3.49. The van der Waals surface area contributed by atoms with Crippen LogP contribution in [0.2, 0.25) is 0 Å². The molecule has 3 N–H and O–H groups in total. The summed E-state index contributed by atoms with van der Waals surface area (Å²) in [5.74, 6) is 0.550. The third-order valence-electron chi connectivity index (χ3n) is 2.14. The maximum atomic E-state index is 11.8. The molecule has 0 radical (unpaired) electrons. The maximum Gasteiger partial charge on any atom is 0.257 e. The van der Waals surface area contributed by atoms with Gasteiger partial charge in [0, 0.05) is 18.9 Å². The Hall–Kier alpha value is -2.37. The fourth-order valence-electron chi connectivity index (χ4n) is 1.34. The van der Waals surface area contributed by atoms with Crippen molar-refractivity contribution in [1.29, 1.82) is 0 Å². The normalized spacial score (nSPS) is 9.94. The summed E-state index contributed by atoms with van der Waals surface area (Å²) < 4.78 is 0. The number of rotatable bonds is 4. The second-order valence-corrected chi connectivity index (χ2v) is 3.40. The number of nitrogens with one attached hydrogen (secondary N) is 3. The Morgan fingerprint density at radius 1 is 1.41 bits per heavy atom. The molecule has 6 nitrogen and oxygen atoms in total. The van der Waals surface area contributed by atoms with Crippen LogP contribution in [-0.4, -0.2) is 27.6 Å². The Balaban J connectivity index is 2.04. The Labute approximate surface area is 98.5 Å². The zero-order chi connectivity index (χ0) is 12.1. The number of H-pyrrole nitrogens is 1. The molecule has 0 aliphatic rings. The monoisotopic (exact) mass is 231 g/mol. The summed E-state index contributed by atoms with van der Waals surface area (Å²) in [5.41, 5.74) is 1.14. The van der Waals surface area contributed by atoms with Crippen molar-refractivity contribution < 1.29 is 4.79 Å². The molecule has 0 saturated carbocycles. The molecule has 2 aromatic rings. The first-order valence-corrected chi connectivity index (χ1v) is 5.29. The molecule has 2 aromatic heterocycles. The van der Waals surface area contributed by atoms with Gasteiger partial charge in [-0.15, -0.1) is 0 Å². The van der Waals surface area contributed by atoms with E-state index in [1.807, 2.05) is 6.92 Å². The van der Waals surface area contributed by atoms with Crippen LogP contribution in [0.25, 0.3) is 0 Å². The van der Waals surface area contributed by atoms with Crippen molar-refractivity contribution >= 4 is 17.4 Å². The zero-order valence-corrected chi connectivity index (χ0v) is 9.40. The van der Waals surface area contributed by atoms with E-state index in [9.17, 15) is 4.79 Å². The molecular formula is C11H13N5O. The highest BCUT2D eigenvalue weighted by molar-refractivity contribution is 6.03. The van der Waals surface area contributed by atoms with Gasteiger partial charge in [0.15, 0.2) is 0 Å². The number of carbonyl (C=O) groups excluding carboxylic acids is 1. The van der Waals surface area contributed by atoms with E-state index in [-0.39, 0.29) is 5.91 Å². The molecule has 0 unspecified atom stereocenters. The highest BCUT2D eigenvalue weighted by atomic mass is 16.1. The van der Waals surface area contributed by atoms with E-state index >= 15 is 0 Å². The SMILES string of the molecule is CCNc1ccc(C(=O)Nc2cn[nH]c2)cn1. The van der Waals surface area contributed by atoms with Crippen LogP contribution in [0.15, 0.2) is 30.7 Å². The van der Waals surface area contributed by atoms with Crippen LogP contribution >= 0.6 is 0 Å². The minimum absolute atomic E-state index is 0.207. The lowest BCUT2D eigenvalue weighted by atomic mass is 10.2. The number of carbonyl (C=O) groups is 1. The van der Waals surface area contributed by atoms with Crippen molar-refractivity contribution in [2.75, 3.05) is 17.2 Å². The molecular weight excluding hydrogens is 218 g/mol. The van der Waals surface area contributed by atoms with E-state index in [2.05, 4.69) is 25.8 Å². The van der Waals surface area contributed by atoms with Crippen molar-refractivity contribution in [2.24, 2.45) is 0 Å². The third-order valence-corrected chi connectivity index (χ3v) is 2.14. The van der Waals surface area contributed by atoms with Gasteiger partial charge in [-0.05, 0) is 19.1 Å². The van der Waals surface area contributed by atoms with Crippen molar-refractivity contribution in [3.63, 3.8) is 0 Å². The summed E-state index contributed by atoms with van der Waals surface area (Å²) in [6.07, 6.45) is 4.68. The third kappa shape index (κ3) is 2.81. The van der Waals surface area contributed by atoms with Gasteiger partial charge >= 0.3 is 0 Å². The predicted octanol–water partition coefficient (Wildman–Crippen LogP) is 1.49. The molecule has 0 aliphatic heterocycles. The van der Waals surface area contributed by atoms with Crippen LogP contribution in [-0.2, 0) is 0 Å². The fourth-order valence-corrected chi connectivity index (χ4v) is 1.34. The highest BCUT2D eigenvalue weighted by Gasteiger charge is 2.06. The molecule has 2 rings (SSSR count). The average Bonchev–Trinajstić information content (AvgIpc) is 2.83. The van der Waals surface area contributed by atoms with Crippen molar-refractivity contribution in [1.82, 2.24) is 15.2 Å². The molecule has 0 spiro atoms. The minimum atomic E-state index is -0.207. The molecule has 1 amide bonds. The summed E-state index contributed by atoms with van der Waals surface area (Å²) in [5, 5.41) is 12.1. The molecule has 0 aliphatic carbocycles. The predicted molar refractivity (Wildman–Crippen MR) is 64.9 cm³/mol. The highest BCUT2D eigenvalue weighted by Crippen LogP contribution is 2.08. The Bertz CT molecular complexity index is 477. The maximum absolute atomic E-state index is 11.8. The van der Waals surface area contributed by atoms with Gasteiger partial charge in [0.2, 0.25) is 0 Å². The minimum Gasteiger partial charge on any atom is -0.370 e. The summed E-state index contributed by atoms with van der Waals surface area (Å²) >= 11 is 0. The van der Waals surface area contributed by atoms with Crippen LogP contribution in [0.3, 0.4) is 0 Å². The molecule has 6 heteroatoms. The van der Waals surface area contributed by atoms with Crippen LogP contribution in [0.5, 0.6) is 0 Å². The summed E-state index contributed by atoms with van der Waals surface area (Å²) in [7, 11) is 0. The molecule has 88 valence electrons. The molecule has 0 fully saturated rings. The zero-order valence-electron chi connectivity index (χ0n) is 9.40. The number of aromatic nitrogens is 3. The molecule has 0 atom stereocenters. The van der Waals surface area contributed by atoms with E-state index in [1.54, 1.807) is 24.5 Å². The smallest absolute Gasteiger partial charge is 0.257 e. The van der Waals surface area contributed by atoms with Gasteiger partial charge in [0.05, 0.1) is 17.4 Å². The first-order chi connectivity index (χ1) is 8.29. The number of pyridine rings is 1. The summed E-state index contributed by atoms with van der Waals surface area (Å²) in [6.45, 7) is 2.79. The lowest BCUT2D eigenvalue weighted by Crippen LogP contribution is -2.12. The average molecular weight is 231 g/mol. The van der Waals surface area contributed by atoms with Gasteiger partial charge in [-0.2, -0.15) is 5.10 Å². The number of hydrogen-bond acceptors (Lipinski definition) is 4. The van der Waals surface area contributed by atoms with E-state index in [1.165, 1.54) is 6.20 Å². The van der Waals surface area contributed by atoms with Crippen LogP contribution < -0.4 is 10.6 Å². The van der Waals surface area contributed by atoms with Gasteiger partial charge in [-0.25, -0.2) is 4.98 Å². The van der Waals surface area contributed by atoms with Crippen LogP contribution in [0.4, 0.5) is 11.5 Å². The first kappa shape index (κ1) is 11.1. The van der Waals surface area contributed by atoms with Crippen molar-refractivity contribution in [2.45, 2.75) is 6.92 Å².